The van der Waals surface area contributed by atoms with Gasteiger partial charge in [-0.05, 0) is 36.1 Å². The van der Waals surface area contributed by atoms with Crippen molar-refractivity contribution in [1.29, 1.82) is 0 Å². The van der Waals surface area contributed by atoms with Crippen LogP contribution in [0.15, 0.2) is 53.6 Å². The molecule has 0 spiro atoms. The average molecular weight is 483 g/mol. The molecular weight excluding hydrogens is 452 g/mol. The van der Waals surface area contributed by atoms with Gasteiger partial charge in [0.1, 0.15) is 5.82 Å². The smallest absolute Gasteiger partial charge is 0.256 e. The molecule has 0 N–H and O–H groups in total. The number of hydrogen-bond acceptors (Lipinski definition) is 5. The molecule has 0 unspecified atom stereocenters. The maximum atomic E-state index is 13.0. The zero-order valence-electron chi connectivity index (χ0n) is 19.7. The maximum Gasteiger partial charge on any atom is 0.256 e. The highest BCUT2D eigenvalue weighted by Gasteiger charge is 2.16. The van der Waals surface area contributed by atoms with Gasteiger partial charge in [0.25, 0.3) is 5.56 Å². The molecule has 0 amide bonds. The second-order valence-electron chi connectivity index (χ2n) is 9.14. The lowest BCUT2D eigenvalue weighted by Gasteiger charge is -2.26. The largest absolute Gasteiger partial charge is 0.379 e. The number of ether oxygens (including phenoxy) is 1. The number of morpholine rings is 1. The summed E-state index contributed by atoms with van der Waals surface area (Å²) < 4.78 is 8.73. The summed E-state index contributed by atoms with van der Waals surface area (Å²) in [5, 5.41) is 0.587. The molecule has 7 nitrogen and oxygen atoms in total. The first-order chi connectivity index (χ1) is 16.4. The third kappa shape index (κ3) is 6.23. The van der Waals surface area contributed by atoms with E-state index in [4.69, 9.17) is 21.3 Å². The van der Waals surface area contributed by atoms with Crippen LogP contribution in [0.1, 0.15) is 25.8 Å². The van der Waals surface area contributed by atoms with E-state index < -0.39 is 0 Å². The number of pyridine rings is 1. The highest BCUT2D eigenvalue weighted by atomic mass is 35.5. The fraction of sp³-hybridized carbons (Fsp3) is 0.423. The summed E-state index contributed by atoms with van der Waals surface area (Å²) in [7, 11) is 0. The van der Waals surface area contributed by atoms with E-state index >= 15 is 0 Å². The Hall–Kier alpha value is -2.74. The van der Waals surface area contributed by atoms with Crippen LogP contribution in [0.3, 0.4) is 0 Å². The SMILES string of the molecule is CC(C)CC(=O)Cn1cc(-n2ccc(CCN3CCOCC3)cc2=O)nc1-c1cccc(Cl)c1. The first-order valence-corrected chi connectivity index (χ1v) is 12.1. The van der Waals surface area contributed by atoms with Crippen LogP contribution >= 0.6 is 11.6 Å². The van der Waals surface area contributed by atoms with Gasteiger partial charge >= 0.3 is 0 Å². The molecule has 4 rings (SSSR count). The summed E-state index contributed by atoms with van der Waals surface area (Å²) in [6, 6.07) is 11.0. The topological polar surface area (TPSA) is 69.4 Å². The van der Waals surface area contributed by atoms with E-state index in [0.29, 0.717) is 23.1 Å². The van der Waals surface area contributed by atoms with E-state index in [1.165, 1.54) is 4.57 Å². The third-order valence-electron chi connectivity index (χ3n) is 5.88. The standard InChI is InChI=1S/C26H31ClN4O3/c1-19(2)14-23(32)17-30-18-24(28-26(30)21-4-3-5-22(27)16-21)31-9-7-20(15-25(31)33)6-8-29-10-12-34-13-11-29/h3-5,7,9,15-16,18-19H,6,8,10-14,17H2,1-2H3. The van der Waals surface area contributed by atoms with Gasteiger partial charge in [0.15, 0.2) is 11.6 Å². The number of hydrogen-bond donors (Lipinski definition) is 0. The number of Topliss-reactive ketones (excluding diaryl/α,β-unsaturated/α-hetero) is 1. The number of ketones is 1. The van der Waals surface area contributed by atoms with Crippen molar-refractivity contribution < 1.29 is 9.53 Å². The summed E-state index contributed by atoms with van der Waals surface area (Å²) in [6.07, 6.45) is 4.83. The van der Waals surface area contributed by atoms with Crippen LogP contribution in [0.4, 0.5) is 0 Å². The quantitative estimate of drug-likeness (QED) is 0.463. The molecule has 2 aromatic heterocycles. The lowest BCUT2D eigenvalue weighted by atomic mass is 10.1. The lowest BCUT2D eigenvalue weighted by molar-refractivity contribution is -0.120. The Morgan fingerprint density at radius 3 is 2.68 bits per heavy atom. The molecular formula is C26H31ClN4O3. The Bertz CT molecular complexity index is 1190. The van der Waals surface area contributed by atoms with E-state index in [0.717, 1.165) is 50.4 Å². The van der Waals surface area contributed by atoms with Crippen molar-refractivity contribution in [2.45, 2.75) is 33.2 Å². The zero-order valence-corrected chi connectivity index (χ0v) is 20.5. The zero-order chi connectivity index (χ0) is 24.1. The Kier molecular flexibility index (Phi) is 7.98. The third-order valence-corrected chi connectivity index (χ3v) is 6.12. The first kappa shape index (κ1) is 24.4. The van der Waals surface area contributed by atoms with E-state index in [2.05, 4.69) is 4.90 Å². The molecule has 1 saturated heterocycles. The normalized spacial score (nSPS) is 14.6. The molecule has 1 fully saturated rings. The fourth-order valence-electron chi connectivity index (χ4n) is 4.18. The average Bonchev–Trinajstić information content (AvgIpc) is 3.21. The van der Waals surface area contributed by atoms with Crippen molar-refractivity contribution in [3.05, 3.63) is 69.7 Å². The summed E-state index contributed by atoms with van der Waals surface area (Å²) in [5.41, 5.74) is 1.65. The molecule has 34 heavy (non-hydrogen) atoms. The van der Waals surface area contributed by atoms with E-state index in [9.17, 15) is 9.59 Å². The highest BCUT2D eigenvalue weighted by Crippen LogP contribution is 2.24. The van der Waals surface area contributed by atoms with Gasteiger partial charge in [0, 0.05) is 55.1 Å². The number of benzene rings is 1. The van der Waals surface area contributed by atoms with Crippen molar-refractivity contribution in [3.63, 3.8) is 0 Å². The van der Waals surface area contributed by atoms with Gasteiger partial charge in [0.2, 0.25) is 0 Å². The molecule has 1 aliphatic rings. The molecule has 3 aromatic rings. The molecule has 1 aromatic carbocycles. The summed E-state index contributed by atoms with van der Waals surface area (Å²) >= 11 is 6.20. The highest BCUT2D eigenvalue weighted by molar-refractivity contribution is 6.30. The molecule has 8 heteroatoms. The second-order valence-corrected chi connectivity index (χ2v) is 9.58. The van der Waals surface area contributed by atoms with Crippen molar-refractivity contribution in [2.24, 2.45) is 5.92 Å². The predicted molar refractivity (Wildman–Crippen MR) is 134 cm³/mol. The Morgan fingerprint density at radius 2 is 1.97 bits per heavy atom. The summed E-state index contributed by atoms with van der Waals surface area (Å²) in [4.78, 5) is 32.6. The van der Waals surface area contributed by atoms with Crippen LogP contribution in [0.2, 0.25) is 5.02 Å². The Morgan fingerprint density at radius 1 is 1.18 bits per heavy atom. The monoisotopic (exact) mass is 482 g/mol. The van der Waals surface area contributed by atoms with Crippen molar-refractivity contribution >= 4 is 17.4 Å². The summed E-state index contributed by atoms with van der Waals surface area (Å²) in [6.45, 7) is 8.52. The molecule has 0 aliphatic carbocycles. The fourth-order valence-corrected chi connectivity index (χ4v) is 4.37. The van der Waals surface area contributed by atoms with E-state index in [1.807, 2.05) is 42.7 Å². The predicted octanol–water partition coefficient (Wildman–Crippen LogP) is 3.84. The van der Waals surface area contributed by atoms with Crippen molar-refractivity contribution in [3.8, 4) is 17.2 Å². The number of imidazole rings is 1. The van der Waals surface area contributed by atoms with Gasteiger partial charge in [-0.25, -0.2) is 4.98 Å². The van der Waals surface area contributed by atoms with Crippen LogP contribution in [0, 0.1) is 5.92 Å². The molecule has 1 aliphatic heterocycles. The van der Waals surface area contributed by atoms with Crippen LogP contribution in [0.25, 0.3) is 17.2 Å². The van der Waals surface area contributed by atoms with Gasteiger partial charge in [-0.1, -0.05) is 37.6 Å². The van der Waals surface area contributed by atoms with Crippen LogP contribution in [-0.2, 0) is 22.5 Å². The second kappa shape index (κ2) is 11.1. The Balaban J connectivity index is 1.59. The number of aromatic nitrogens is 3. The van der Waals surface area contributed by atoms with Gasteiger partial charge in [-0.15, -0.1) is 0 Å². The number of carbonyl (C=O) groups is 1. The molecule has 0 saturated carbocycles. The number of nitrogens with zero attached hydrogens (tertiary/aromatic N) is 4. The summed E-state index contributed by atoms with van der Waals surface area (Å²) in [5.74, 6) is 1.49. The minimum absolute atomic E-state index is 0.119. The molecule has 0 bridgehead atoms. The molecule has 3 heterocycles. The van der Waals surface area contributed by atoms with Gasteiger partial charge < -0.3 is 9.30 Å². The number of halogens is 1. The minimum atomic E-state index is -0.143. The molecule has 0 atom stereocenters. The van der Waals surface area contributed by atoms with Crippen molar-refractivity contribution in [2.75, 3.05) is 32.8 Å². The van der Waals surface area contributed by atoms with Crippen molar-refractivity contribution in [1.82, 2.24) is 19.0 Å². The van der Waals surface area contributed by atoms with E-state index in [1.54, 1.807) is 24.5 Å². The minimum Gasteiger partial charge on any atom is -0.379 e. The number of rotatable bonds is 9. The molecule has 0 radical (unpaired) electrons. The Labute approximate surface area is 204 Å². The number of carbonyl (C=O) groups excluding carboxylic acids is 1. The first-order valence-electron chi connectivity index (χ1n) is 11.8. The van der Waals surface area contributed by atoms with Gasteiger partial charge in [-0.3, -0.25) is 19.1 Å². The maximum absolute atomic E-state index is 13.0. The lowest BCUT2D eigenvalue weighted by Crippen LogP contribution is -2.37. The van der Waals surface area contributed by atoms with Crippen LogP contribution in [0.5, 0.6) is 0 Å². The molecule has 180 valence electrons. The van der Waals surface area contributed by atoms with Crippen LogP contribution < -0.4 is 5.56 Å². The van der Waals surface area contributed by atoms with Gasteiger partial charge in [-0.2, -0.15) is 0 Å². The van der Waals surface area contributed by atoms with Gasteiger partial charge in [0.05, 0.1) is 19.8 Å². The van der Waals surface area contributed by atoms with Crippen LogP contribution in [-0.4, -0.2) is 57.6 Å². The van der Waals surface area contributed by atoms with E-state index in [-0.39, 0.29) is 23.8 Å².